The number of rotatable bonds is 11. The van der Waals surface area contributed by atoms with Gasteiger partial charge in [0.25, 0.3) is 0 Å². The number of nitrogens with zero attached hydrogens (tertiary/aromatic N) is 1. The first kappa shape index (κ1) is 23.8. The molecule has 0 aromatic heterocycles. The SMILES string of the molecule is COCCN(CC(=O)O)C(=O)C(CC1CC1)NC(=O)OCC1c2ccccc2-c2ccccc21. The number of nitrogens with one attached hydrogen (secondary N) is 1. The van der Waals surface area contributed by atoms with Crippen molar-refractivity contribution in [1.29, 1.82) is 0 Å². The Morgan fingerprint density at radius 2 is 1.68 bits per heavy atom. The van der Waals surface area contributed by atoms with Gasteiger partial charge in [0, 0.05) is 19.6 Å². The van der Waals surface area contributed by atoms with Crippen LogP contribution < -0.4 is 5.32 Å². The molecule has 8 nitrogen and oxygen atoms in total. The first-order valence-corrected chi connectivity index (χ1v) is 11.6. The van der Waals surface area contributed by atoms with Crippen molar-refractivity contribution in [2.75, 3.05) is 33.4 Å². The van der Waals surface area contributed by atoms with Crippen molar-refractivity contribution >= 4 is 18.0 Å². The van der Waals surface area contributed by atoms with Gasteiger partial charge >= 0.3 is 12.1 Å². The van der Waals surface area contributed by atoms with Crippen molar-refractivity contribution in [3.05, 3.63) is 59.7 Å². The topological polar surface area (TPSA) is 105 Å². The van der Waals surface area contributed by atoms with Crippen LogP contribution in [0.2, 0.25) is 0 Å². The molecule has 34 heavy (non-hydrogen) atoms. The number of hydrogen-bond donors (Lipinski definition) is 2. The maximum absolute atomic E-state index is 13.1. The summed E-state index contributed by atoms with van der Waals surface area (Å²) in [6, 6.07) is 15.3. The predicted octanol–water partition coefficient (Wildman–Crippen LogP) is 3.25. The number of alkyl carbamates (subject to hydrolysis) is 1. The number of carbonyl (C=O) groups is 3. The Bertz CT molecular complexity index is 1010. The lowest BCUT2D eigenvalue weighted by molar-refractivity contribution is -0.145. The fourth-order valence-corrected chi connectivity index (χ4v) is 4.54. The standard InChI is InChI=1S/C26H30N2O6/c1-33-13-12-28(15-24(29)30)25(31)23(14-17-10-11-17)27-26(32)34-16-22-20-8-4-2-6-18(20)19-7-3-5-9-21(19)22/h2-9,17,22-23H,10-16H2,1H3,(H,27,32)(H,29,30). The van der Waals surface area contributed by atoms with Crippen LogP contribution in [-0.2, 0) is 19.1 Å². The molecule has 180 valence electrons. The molecular weight excluding hydrogens is 436 g/mol. The summed E-state index contributed by atoms with van der Waals surface area (Å²) >= 11 is 0. The van der Waals surface area contributed by atoms with E-state index < -0.39 is 30.6 Å². The number of carboxylic acid groups (broad SMARTS) is 1. The minimum atomic E-state index is -1.12. The Morgan fingerprint density at radius 3 is 2.24 bits per heavy atom. The van der Waals surface area contributed by atoms with Crippen LogP contribution in [0, 0.1) is 5.92 Å². The molecule has 0 heterocycles. The van der Waals surface area contributed by atoms with Crippen molar-refractivity contribution in [1.82, 2.24) is 10.2 Å². The van der Waals surface area contributed by atoms with Crippen LogP contribution in [0.4, 0.5) is 4.79 Å². The molecule has 1 atom stereocenters. The average molecular weight is 467 g/mol. The lowest BCUT2D eigenvalue weighted by Crippen LogP contribution is -2.51. The van der Waals surface area contributed by atoms with E-state index in [2.05, 4.69) is 17.4 Å². The molecule has 2 aromatic rings. The van der Waals surface area contributed by atoms with Crippen LogP contribution >= 0.6 is 0 Å². The van der Waals surface area contributed by atoms with Gasteiger partial charge in [0.05, 0.1) is 6.61 Å². The highest BCUT2D eigenvalue weighted by molar-refractivity contribution is 5.88. The molecule has 2 aliphatic rings. The van der Waals surface area contributed by atoms with Gasteiger partial charge in [-0.15, -0.1) is 0 Å². The minimum Gasteiger partial charge on any atom is -0.480 e. The Morgan fingerprint density at radius 1 is 1.06 bits per heavy atom. The van der Waals surface area contributed by atoms with E-state index in [1.54, 1.807) is 0 Å². The van der Waals surface area contributed by atoms with Crippen molar-refractivity contribution < 1.29 is 29.0 Å². The lowest BCUT2D eigenvalue weighted by Gasteiger charge is -2.26. The second kappa shape index (κ2) is 10.7. The Kier molecular flexibility index (Phi) is 7.47. The Hall–Kier alpha value is -3.39. The number of aliphatic carboxylic acids is 1. The third-order valence-electron chi connectivity index (χ3n) is 6.40. The van der Waals surface area contributed by atoms with Gasteiger partial charge < -0.3 is 24.8 Å². The maximum Gasteiger partial charge on any atom is 0.407 e. The van der Waals surface area contributed by atoms with Crippen molar-refractivity contribution in [2.24, 2.45) is 5.92 Å². The van der Waals surface area contributed by atoms with Gasteiger partial charge in [0.15, 0.2) is 0 Å². The van der Waals surface area contributed by atoms with E-state index in [9.17, 15) is 19.5 Å². The molecular formula is C26H30N2O6. The third-order valence-corrected chi connectivity index (χ3v) is 6.40. The normalized spacial score (nSPS) is 15.2. The van der Waals surface area contributed by atoms with E-state index in [0.717, 1.165) is 35.1 Å². The molecule has 1 fully saturated rings. The third kappa shape index (κ3) is 5.56. The molecule has 0 aliphatic heterocycles. The number of fused-ring (bicyclic) bond motifs is 3. The summed E-state index contributed by atoms with van der Waals surface area (Å²) < 4.78 is 10.6. The van der Waals surface area contributed by atoms with Crippen LogP contribution in [0.1, 0.15) is 36.3 Å². The number of methoxy groups -OCH3 is 1. The number of hydrogen-bond acceptors (Lipinski definition) is 5. The fourth-order valence-electron chi connectivity index (χ4n) is 4.54. The monoisotopic (exact) mass is 466 g/mol. The smallest absolute Gasteiger partial charge is 0.407 e. The zero-order valence-corrected chi connectivity index (χ0v) is 19.2. The van der Waals surface area contributed by atoms with Gasteiger partial charge in [-0.1, -0.05) is 61.4 Å². The van der Waals surface area contributed by atoms with Crippen molar-refractivity contribution in [3.8, 4) is 11.1 Å². The van der Waals surface area contributed by atoms with Gasteiger partial charge in [-0.05, 0) is 34.6 Å². The molecule has 0 saturated heterocycles. The van der Waals surface area contributed by atoms with E-state index >= 15 is 0 Å². The number of ether oxygens (including phenoxy) is 2. The number of carbonyl (C=O) groups excluding carboxylic acids is 2. The highest BCUT2D eigenvalue weighted by Crippen LogP contribution is 2.44. The molecule has 8 heteroatoms. The lowest BCUT2D eigenvalue weighted by atomic mass is 9.98. The quantitative estimate of drug-likeness (QED) is 0.527. The predicted molar refractivity (Wildman–Crippen MR) is 125 cm³/mol. The first-order chi connectivity index (χ1) is 16.5. The van der Waals surface area contributed by atoms with Crippen LogP contribution in [-0.4, -0.2) is 67.4 Å². The second-order valence-electron chi connectivity index (χ2n) is 8.85. The summed E-state index contributed by atoms with van der Waals surface area (Å²) in [5.41, 5.74) is 4.48. The van der Waals surface area contributed by atoms with Gasteiger partial charge in [-0.25, -0.2) is 4.79 Å². The van der Waals surface area contributed by atoms with Gasteiger partial charge in [0.2, 0.25) is 5.91 Å². The summed E-state index contributed by atoms with van der Waals surface area (Å²) in [6.07, 6.45) is 1.77. The van der Waals surface area contributed by atoms with Gasteiger partial charge in [0.1, 0.15) is 19.2 Å². The highest BCUT2D eigenvalue weighted by atomic mass is 16.5. The Labute approximate surface area is 198 Å². The summed E-state index contributed by atoms with van der Waals surface area (Å²) in [4.78, 5) is 38.3. The molecule has 0 radical (unpaired) electrons. The van der Waals surface area contributed by atoms with E-state index in [1.165, 1.54) is 12.0 Å². The van der Waals surface area contributed by atoms with Crippen molar-refractivity contribution in [3.63, 3.8) is 0 Å². The summed E-state index contributed by atoms with van der Waals surface area (Å²) in [5, 5.41) is 11.9. The van der Waals surface area contributed by atoms with Gasteiger partial charge in [-0.2, -0.15) is 0 Å². The molecule has 2 aromatic carbocycles. The molecule has 0 spiro atoms. The highest BCUT2D eigenvalue weighted by Gasteiger charge is 2.34. The molecule has 2 N–H and O–H groups in total. The van der Waals surface area contributed by atoms with Gasteiger partial charge in [-0.3, -0.25) is 9.59 Å². The van der Waals surface area contributed by atoms with E-state index in [-0.39, 0.29) is 25.7 Å². The number of carboxylic acids is 1. The Balaban J connectivity index is 1.42. The zero-order chi connectivity index (χ0) is 24.1. The largest absolute Gasteiger partial charge is 0.480 e. The zero-order valence-electron chi connectivity index (χ0n) is 19.2. The maximum atomic E-state index is 13.1. The second-order valence-corrected chi connectivity index (χ2v) is 8.85. The molecule has 4 rings (SSSR count). The molecule has 1 saturated carbocycles. The molecule has 2 aliphatic carbocycles. The summed E-state index contributed by atoms with van der Waals surface area (Å²) in [6.45, 7) is 0.0394. The minimum absolute atomic E-state index is 0.0825. The number of amides is 2. The fraction of sp³-hybridized carbons (Fsp3) is 0.423. The first-order valence-electron chi connectivity index (χ1n) is 11.6. The van der Waals surface area contributed by atoms with Crippen molar-refractivity contribution in [2.45, 2.75) is 31.2 Å². The summed E-state index contributed by atoms with van der Waals surface area (Å²) in [7, 11) is 1.49. The summed E-state index contributed by atoms with van der Waals surface area (Å²) in [5.74, 6) is -1.28. The van der Waals surface area contributed by atoms with E-state index in [4.69, 9.17) is 9.47 Å². The molecule has 1 unspecified atom stereocenters. The number of benzene rings is 2. The molecule has 2 amide bonds. The van der Waals surface area contributed by atoms with Crippen LogP contribution in [0.25, 0.3) is 11.1 Å². The van der Waals surface area contributed by atoms with E-state index in [1.807, 2.05) is 36.4 Å². The van der Waals surface area contributed by atoms with E-state index in [0.29, 0.717) is 12.3 Å². The van der Waals surface area contributed by atoms with Crippen LogP contribution in [0.3, 0.4) is 0 Å². The van der Waals surface area contributed by atoms with Crippen LogP contribution in [0.15, 0.2) is 48.5 Å². The molecule has 0 bridgehead atoms. The van der Waals surface area contributed by atoms with Crippen LogP contribution in [0.5, 0.6) is 0 Å². The average Bonchev–Trinajstić information content (AvgIpc) is 3.60.